The molecule has 5 nitrogen and oxygen atoms in total. The van der Waals surface area contributed by atoms with E-state index in [-0.39, 0.29) is 24.3 Å². The lowest BCUT2D eigenvalue weighted by Gasteiger charge is -2.29. The lowest BCUT2D eigenvalue weighted by atomic mass is 10.0. The molecule has 0 heterocycles. The Kier molecular flexibility index (Phi) is 8.15. The second-order valence-corrected chi connectivity index (χ2v) is 5.21. The fraction of sp³-hybridized carbons (Fsp3) is 0.923. The normalized spacial score (nSPS) is 14.9. The van der Waals surface area contributed by atoms with E-state index in [1.165, 1.54) is 0 Å². The number of hydrogen-bond donors (Lipinski definition) is 1. The zero-order valence-electron chi connectivity index (χ0n) is 12.7. The van der Waals surface area contributed by atoms with Crippen LogP contribution in [0, 0.1) is 5.92 Å². The zero-order chi connectivity index (χ0) is 14.3. The van der Waals surface area contributed by atoms with E-state index in [0.717, 1.165) is 6.42 Å². The maximum absolute atomic E-state index is 12.1. The molecule has 0 aliphatic carbocycles. The number of nitrogens with zero attached hydrogens (tertiary/aromatic N) is 1. The average Bonchev–Trinajstić information content (AvgIpc) is 2.28. The van der Waals surface area contributed by atoms with Crippen molar-refractivity contribution in [3.05, 3.63) is 0 Å². The van der Waals surface area contributed by atoms with Gasteiger partial charge in [0.05, 0.1) is 12.1 Å². The first-order chi connectivity index (χ1) is 8.33. The van der Waals surface area contributed by atoms with Crippen molar-refractivity contribution < 1.29 is 14.3 Å². The minimum Gasteiger partial charge on any atom is -0.354 e. The maximum Gasteiger partial charge on any atom is 0.239 e. The fourth-order valence-corrected chi connectivity index (χ4v) is 1.92. The van der Waals surface area contributed by atoms with E-state index in [1.54, 1.807) is 33.2 Å². The summed E-state index contributed by atoms with van der Waals surface area (Å²) >= 11 is 0. The molecule has 0 saturated carbocycles. The van der Waals surface area contributed by atoms with Crippen LogP contribution in [-0.4, -0.2) is 57.5 Å². The lowest BCUT2D eigenvalue weighted by molar-refractivity contribution is -0.136. The van der Waals surface area contributed by atoms with Gasteiger partial charge in [0.25, 0.3) is 0 Å². The van der Waals surface area contributed by atoms with Crippen LogP contribution >= 0.6 is 0 Å². The molecule has 0 saturated heterocycles. The second-order valence-electron chi connectivity index (χ2n) is 5.21. The predicted molar refractivity (Wildman–Crippen MR) is 72.3 cm³/mol. The number of carbonyl (C=O) groups excluding carboxylic acids is 1. The molecule has 2 atom stereocenters. The molecule has 1 N–H and O–H groups in total. The summed E-state index contributed by atoms with van der Waals surface area (Å²) in [5.41, 5.74) is 0. The average molecular weight is 260 g/mol. The molecule has 2 unspecified atom stereocenters. The van der Waals surface area contributed by atoms with Crippen LogP contribution in [0.25, 0.3) is 0 Å². The van der Waals surface area contributed by atoms with E-state index < -0.39 is 0 Å². The van der Waals surface area contributed by atoms with Gasteiger partial charge < -0.3 is 14.4 Å². The van der Waals surface area contributed by atoms with Crippen molar-refractivity contribution in [3.8, 4) is 0 Å². The molecule has 0 rings (SSSR count). The van der Waals surface area contributed by atoms with Gasteiger partial charge in [-0.3, -0.25) is 10.1 Å². The van der Waals surface area contributed by atoms with E-state index in [2.05, 4.69) is 19.2 Å². The highest BCUT2D eigenvalue weighted by Crippen LogP contribution is 2.09. The summed E-state index contributed by atoms with van der Waals surface area (Å²) in [6.07, 6.45) is 0.441. The molecule has 0 bridgehead atoms. The van der Waals surface area contributed by atoms with Crippen molar-refractivity contribution in [1.82, 2.24) is 10.2 Å². The summed E-state index contributed by atoms with van der Waals surface area (Å²) in [5, 5.41) is 3.29. The van der Waals surface area contributed by atoms with E-state index in [9.17, 15) is 4.79 Å². The molecule has 0 aromatic rings. The molecule has 108 valence electrons. The zero-order valence-corrected chi connectivity index (χ0v) is 12.7. The van der Waals surface area contributed by atoms with E-state index in [4.69, 9.17) is 9.47 Å². The summed E-state index contributed by atoms with van der Waals surface area (Å²) in [7, 11) is 6.73. The predicted octanol–water partition coefficient (Wildman–Crippen LogP) is 1.09. The Bertz CT molecular complexity index is 240. The third-order valence-electron chi connectivity index (χ3n) is 2.78. The molecule has 18 heavy (non-hydrogen) atoms. The first-order valence-electron chi connectivity index (χ1n) is 6.36. The van der Waals surface area contributed by atoms with Crippen molar-refractivity contribution in [2.75, 3.05) is 28.3 Å². The first kappa shape index (κ1) is 17.4. The van der Waals surface area contributed by atoms with Crippen molar-refractivity contribution in [2.45, 2.75) is 45.6 Å². The van der Waals surface area contributed by atoms with Gasteiger partial charge in [-0.2, -0.15) is 0 Å². The largest absolute Gasteiger partial charge is 0.354 e. The van der Waals surface area contributed by atoms with E-state index in [0.29, 0.717) is 5.92 Å². The number of ether oxygens (including phenoxy) is 2. The molecular formula is C13H28N2O3. The Hall–Kier alpha value is -0.650. The lowest BCUT2D eigenvalue weighted by Crippen LogP contribution is -2.51. The summed E-state index contributed by atoms with van der Waals surface area (Å²) in [6, 6.07) is -0.254. The Balaban J connectivity index is 4.62. The van der Waals surface area contributed by atoms with Gasteiger partial charge >= 0.3 is 0 Å². The van der Waals surface area contributed by atoms with Crippen LogP contribution in [0.2, 0.25) is 0 Å². The van der Waals surface area contributed by atoms with Crippen LogP contribution in [0.5, 0.6) is 0 Å². The van der Waals surface area contributed by atoms with Crippen LogP contribution in [0.15, 0.2) is 0 Å². The van der Waals surface area contributed by atoms with Crippen LogP contribution in [0.1, 0.15) is 27.2 Å². The number of carbonyl (C=O) groups is 1. The van der Waals surface area contributed by atoms with Crippen LogP contribution in [-0.2, 0) is 14.3 Å². The van der Waals surface area contributed by atoms with Crippen molar-refractivity contribution in [1.29, 1.82) is 0 Å². The standard InChI is InChI=1S/C13H28N2O3/c1-9(2)8-11(12(16)15(4)5)14-10(3)13(17-6)18-7/h9-11,13-14H,8H2,1-7H3. The highest BCUT2D eigenvalue weighted by Gasteiger charge is 2.26. The maximum atomic E-state index is 12.1. The Morgan fingerprint density at radius 1 is 1.17 bits per heavy atom. The third kappa shape index (κ3) is 5.80. The summed E-state index contributed by atoms with van der Waals surface area (Å²) in [4.78, 5) is 13.7. The van der Waals surface area contributed by atoms with E-state index in [1.807, 2.05) is 6.92 Å². The molecule has 0 aliphatic heterocycles. The smallest absolute Gasteiger partial charge is 0.239 e. The van der Waals surface area contributed by atoms with Gasteiger partial charge in [0.1, 0.15) is 0 Å². The number of amides is 1. The van der Waals surface area contributed by atoms with Gasteiger partial charge in [0.2, 0.25) is 5.91 Å². The van der Waals surface area contributed by atoms with Gasteiger partial charge in [-0.25, -0.2) is 0 Å². The van der Waals surface area contributed by atoms with Crippen LogP contribution in [0.4, 0.5) is 0 Å². The minimum atomic E-state index is -0.352. The van der Waals surface area contributed by atoms with Crippen molar-refractivity contribution in [2.24, 2.45) is 5.92 Å². The van der Waals surface area contributed by atoms with Crippen molar-refractivity contribution in [3.63, 3.8) is 0 Å². The Labute approximate surface area is 111 Å². The topological polar surface area (TPSA) is 50.8 Å². The monoisotopic (exact) mass is 260 g/mol. The highest BCUT2D eigenvalue weighted by atomic mass is 16.7. The van der Waals surface area contributed by atoms with E-state index >= 15 is 0 Å². The fourth-order valence-electron chi connectivity index (χ4n) is 1.92. The van der Waals surface area contributed by atoms with Gasteiger partial charge in [0.15, 0.2) is 6.29 Å². The quantitative estimate of drug-likeness (QED) is 0.664. The molecule has 0 spiro atoms. The Morgan fingerprint density at radius 2 is 1.67 bits per heavy atom. The molecule has 0 aliphatic rings. The number of nitrogens with one attached hydrogen (secondary N) is 1. The number of likely N-dealkylation sites (N-methyl/N-ethyl adjacent to an activating group) is 1. The van der Waals surface area contributed by atoms with Gasteiger partial charge in [-0.15, -0.1) is 0 Å². The number of methoxy groups -OCH3 is 2. The molecule has 0 aromatic heterocycles. The molecular weight excluding hydrogens is 232 g/mol. The summed E-state index contributed by atoms with van der Waals surface area (Å²) < 4.78 is 10.4. The van der Waals surface area contributed by atoms with Crippen molar-refractivity contribution >= 4 is 5.91 Å². The van der Waals surface area contributed by atoms with Crippen LogP contribution in [0.3, 0.4) is 0 Å². The van der Waals surface area contributed by atoms with Gasteiger partial charge in [-0.1, -0.05) is 13.8 Å². The van der Waals surface area contributed by atoms with Gasteiger partial charge in [0, 0.05) is 28.3 Å². The molecule has 0 radical (unpaired) electrons. The SMILES string of the molecule is COC(OC)C(C)NC(CC(C)C)C(=O)N(C)C. The third-order valence-corrected chi connectivity index (χ3v) is 2.78. The van der Waals surface area contributed by atoms with Crippen LogP contribution < -0.4 is 5.32 Å². The number of hydrogen-bond acceptors (Lipinski definition) is 4. The molecule has 0 aromatic carbocycles. The molecule has 0 fully saturated rings. The minimum absolute atomic E-state index is 0.0485. The Morgan fingerprint density at radius 3 is 2.00 bits per heavy atom. The summed E-state index contributed by atoms with van der Waals surface area (Å²) in [6.45, 7) is 6.16. The van der Waals surface area contributed by atoms with Gasteiger partial charge in [-0.05, 0) is 19.3 Å². The highest BCUT2D eigenvalue weighted by molar-refractivity contribution is 5.81. The summed E-state index contributed by atoms with van der Waals surface area (Å²) in [5.74, 6) is 0.531. The number of rotatable bonds is 8. The second kappa shape index (κ2) is 8.45. The molecule has 1 amide bonds. The first-order valence-corrected chi connectivity index (χ1v) is 6.36. The molecule has 5 heteroatoms.